The molecule has 4 heteroatoms. The van der Waals surface area contributed by atoms with E-state index in [4.69, 9.17) is 0 Å². The summed E-state index contributed by atoms with van der Waals surface area (Å²) in [5, 5.41) is 24.3. The molecule has 21 heavy (non-hydrogen) atoms. The van der Waals surface area contributed by atoms with Gasteiger partial charge in [0.25, 0.3) is 0 Å². The number of nitrogens with zero attached hydrogens (tertiary/aromatic N) is 2. The molecular weight excluding hydrogens is 262 g/mol. The van der Waals surface area contributed by atoms with Gasteiger partial charge in [0, 0.05) is 10.8 Å². The molecule has 112 valence electrons. The fraction of sp³-hybridized carbons (Fsp3) is 0.529. The van der Waals surface area contributed by atoms with Crippen molar-refractivity contribution in [3.05, 3.63) is 30.0 Å². The maximum atomic E-state index is 9.94. The molecule has 1 saturated carbocycles. The van der Waals surface area contributed by atoms with Crippen LogP contribution in [0.4, 0.5) is 5.82 Å². The molecule has 3 rings (SSSR count). The van der Waals surface area contributed by atoms with Crippen molar-refractivity contribution in [2.45, 2.75) is 45.1 Å². The third kappa shape index (κ3) is 2.72. The van der Waals surface area contributed by atoms with Gasteiger partial charge in [-0.05, 0) is 25.7 Å². The van der Waals surface area contributed by atoms with Crippen LogP contribution in [0.25, 0.3) is 10.8 Å². The first kappa shape index (κ1) is 14.3. The largest absolute Gasteiger partial charge is 0.394 e. The van der Waals surface area contributed by atoms with Gasteiger partial charge in [0.2, 0.25) is 0 Å². The summed E-state index contributed by atoms with van der Waals surface area (Å²) >= 11 is 0. The molecule has 1 fully saturated rings. The average molecular weight is 285 g/mol. The van der Waals surface area contributed by atoms with Crippen LogP contribution in [0.5, 0.6) is 0 Å². The van der Waals surface area contributed by atoms with Crippen molar-refractivity contribution in [1.29, 1.82) is 0 Å². The highest BCUT2D eigenvalue weighted by atomic mass is 16.3. The summed E-state index contributed by atoms with van der Waals surface area (Å²) in [5.74, 6) is 1.42. The molecule has 2 unspecified atom stereocenters. The van der Waals surface area contributed by atoms with Crippen molar-refractivity contribution in [1.82, 2.24) is 10.2 Å². The number of nitrogens with one attached hydrogen (secondary N) is 1. The zero-order valence-corrected chi connectivity index (χ0v) is 12.8. The number of aliphatic hydroxyl groups is 1. The van der Waals surface area contributed by atoms with E-state index in [2.05, 4.69) is 34.6 Å². The van der Waals surface area contributed by atoms with E-state index in [1.807, 2.05) is 19.1 Å². The van der Waals surface area contributed by atoms with Crippen molar-refractivity contribution in [2.75, 3.05) is 11.9 Å². The highest BCUT2D eigenvalue weighted by Gasteiger charge is 2.35. The molecule has 2 aromatic rings. The summed E-state index contributed by atoms with van der Waals surface area (Å²) in [6, 6.07) is 8.17. The number of aryl methyl sites for hydroxylation is 1. The minimum Gasteiger partial charge on any atom is -0.394 e. The topological polar surface area (TPSA) is 58.0 Å². The summed E-state index contributed by atoms with van der Waals surface area (Å²) in [6.45, 7) is 4.37. The number of anilines is 1. The third-order valence-corrected chi connectivity index (χ3v) is 4.65. The summed E-state index contributed by atoms with van der Waals surface area (Å²) < 4.78 is 0. The van der Waals surface area contributed by atoms with Gasteiger partial charge in [-0.1, -0.05) is 44.0 Å². The van der Waals surface area contributed by atoms with E-state index < -0.39 is 0 Å². The van der Waals surface area contributed by atoms with Gasteiger partial charge in [-0.25, -0.2) is 0 Å². The highest BCUT2D eigenvalue weighted by molar-refractivity contribution is 5.93. The molecule has 0 aliphatic heterocycles. The molecule has 4 nitrogen and oxygen atoms in total. The zero-order valence-electron chi connectivity index (χ0n) is 12.8. The molecule has 0 amide bonds. The van der Waals surface area contributed by atoms with E-state index in [0.29, 0.717) is 5.92 Å². The third-order valence-electron chi connectivity index (χ3n) is 4.65. The standard InChI is InChI=1S/C17H23N3O/c1-12-6-5-9-17(10-12,11-21)18-16-15-8-4-3-7-14(15)13(2)19-20-16/h3-4,7-8,12,21H,5-6,9-11H2,1-2H3,(H,18,20). The molecule has 0 saturated heterocycles. The minimum absolute atomic E-state index is 0.140. The van der Waals surface area contributed by atoms with Crippen molar-refractivity contribution >= 4 is 16.6 Å². The van der Waals surface area contributed by atoms with Gasteiger partial charge in [-0.15, -0.1) is 5.10 Å². The molecule has 0 radical (unpaired) electrons. The average Bonchev–Trinajstić information content (AvgIpc) is 2.50. The Morgan fingerprint density at radius 2 is 2.05 bits per heavy atom. The number of aromatic nitrogens is 2. The number of hydrogen-bond acceptors (Lipinski definition) is 4. The van der Waals surface area contributed by atoms with E-state index >= 15 is 0 Å². The van der Waals surface area contributed by atoms with Crippen LogP contribution in [0.3, 0.4) is 0 Å². The fourth-order valence-corrected chi connectivity index (χ4v) is 3.54. The van der Waals surface area contributed by atoms with Gasteiger partial charge in [-0.2, -0.15) is 5.10 Å². The van der Waals surface area contributed by atoms with Gasteiger partial charge in [0.1, 0.15) is 0 Å². The Labute approximate surface area is 125 Å². The molecule has 1 heterocycles. The van der Waals surface area contributed by atoms with Crippen molar-refractivity contribution in [3.8, 4) is 0 Å². The van der Waals surface area contributed by atoms with Crippen molar-refractivity contribution in [2.24, 2.45) is 5.92 Å². The van der Waals surface area contributed by atoms with Gasteiger partial charge in [0.05, 0.1) is 17.8 Å². The number of hydrogen-bond donors (Lipinski definition) is 2. The van der Waals surface area contributed by atoms with Crippen LogP contribution in [-0.4, -0.2) is 27.4 Å². The van der Waals surface area contributed by atoms with Gasteiger partial charge in [-0.3, -0.25) is 0 Å². The van der Waals surface area contributed by atoms with Crippen LogP contribution in [0, 0.1) is 12.8 Å². The van der Waals surface area contributed by atoms with E-state index in [9.17, 15) is 5.11 Å². The summed E-state index contributed by atoms with van der Waals surface area (Å²) in [7, 11) is 0. The molecule has 2 N–H and O–H groups in total. The lowest BCUT2D eigenvalue weighted by molar-refractivity contribution is 0.149. The van der Waals surface area contributed by atoms with Crippen LogP contribution in [0.1, 0.15) is 38.3 Å². The van der Waals surface area contributed by atoms with Gasteiger partial charge >= 0.3 is 0 Å². The maximum Gasteiger partial charge on any atom is 0.157 e. The van der Waals surface area contributed by atoms with Crippen LogP contribution in [0.15, 0.2) is 24.3 Å². The molecule has 1 aromatic heterocycles. The second kappa shape index (κ2) is 5.60. The van der Waals surface area contributed by atoms with Crippen LogP contribution < -0.4 is 5.32 Å². The van der Waals surface area contributed by atoms with E-state index in [-0.39, 0.29) is 12.1 Å². The minimum atomic E-state index is -0.260. The Balaban J connectivity index is 1.99. The first-order valence-corrected chi connectivity index (χ1v) is 7.75. The quantitative estimate of drug-likeness (QED) is 0.908. The summed E-state index contributed by atoms with van der Waals surface area (Å²) in [4.78, 5) is 0. The predicted octanol–water partition coefficient (Wildman–Crippen LogP) is 3.29. The Morgan fingerprint density at radius 3 is 2.76 bits per heavy atom. The zero-order chi connectivity index (χ0) is 14.9. The molecule has 1 aromatic carbocycles. The molecular formula is C17H23N3O. The Hall–Kier alpha value is -1.68. The fourth-order valence-electron chi connectivity index (χ4n) is 3.54. The van der Waals surface area contributed by atoms with Crippen LogP contribution in [0.2, 0.25) is 0 Å². The molecule has 2 atom stereocenters. The lowest BCUT2D eigenvalue weighted by Gasteiger charge is -2.39. The Morgan fingerprint density at radius 1 is 1.29 bits per heavy atom. The lowest BCUT2D eigenvalue weighted by Crippen LogP contribution is -2.46. The van der Waals surface area contributed by atoms with E-state index in [0.717, 1.165) is 41.5 Å². The lowest BCUT2D eigenvalue weighted by atomic mass is 9.77. The van der Waals surface area contributed by atoms with Crippen LogP contribution in [-0.2, 0) is 0 Å². The maximum absolute atomic E-state index is 9.94. The number of aliphatic hydroxyl groups excluding tert-OH is 1. The van der Waals surface area contributed by atoms with Crippen molar-refractivity contribution in [3.63, 3.8) is 0 Å². The smallest absolute Gasteiger partial charge is 0.157 e. The molecule has 0 bridgehead atoms. The number of benzene rings is 1. The van der Waals surface area contributed by atoms with Crippen LogP contribution >= 0.6 is 0 Å². The first-order valence-electron chi connectivity index (χ1n) is 7.75. The molecule has 1 aliphatic rings. The summed E-state index contributed by atoms with van der Waals surface area (Å²) in [6.07, 6.45) is 4.35. The predicted molar refractivity (Wildman–Crippen MR) is 85.3 cm³/mol. The first-order chi connectivity index (χ1) is 10.1. The Bertz CT molecular complexity index is 643. The van der Waals surface area contributed by atoms with Crippen molar-refractivity contribution < 1.29 is 5.11 Å². The number of fused-ring (bicyclic) bond motifs is 1. The SMILES string of the molecule is Cc1nnc(NC2(CO)CCCC(C)C2)c2ccccc12. The number of rotatable bonds is 3. The Kier molecular flexibility index (Phi) is 3.81. The summed E-state index contributed by atoms with van der Waals surface area (Å²) in [5.41, 5.74) is 0.677. The highest BCUT2D eigenvalue weighted by Crippen LogP contribution is 2.35. The normalized spacial score (nSPS) is 26.0. The monoisotopic (exact) mass is 285 g/mol. The molecule has 1 aliphatic carbocycles. The van der Waals surface area contributed by atoms with E-state index in [1.165, 1.54) is 6.42 Å². The van der Waals surface area contributed by atoms with E-state index in [1.54, 1.807) is 0 Å². The second-order valence-corrected chi connectivity index (χ2v) is 6.44. The van der Waals surface area contributed by atoms with Gasteiger partial charge < -0.3 is 10.4 Å². The van der Waals surface area contributed by atoms with Gasteiger partial charge in [0.15, 0.2) is 5.82 Å². The molecule has 0 spiro atoms. The second-order valence-electron chi connectivity index (χ2n) is 6.44.